The van der Waals surface area contributed by atoms with Crippen molar-refractivity contribution in [3.05, 3.63) is 44.9 Å². The van der Waals surface area contributed by atoms with Gasteiger partial charge in [-0.3, -0.25) is 4.79 Å². The summed E-state index contributed by atoms with van der Waals surface area (Å²) in [6.07, 6.45) is 0. The number of nitriles is 1. The fourth-order valence-corrected chi connectivity index (χ4v) is 3.08. The number of carbonyl (C=O) groups excluding carboxylic acids is 1. The summed E-state index contributed by atoms with van der Waals surface area (Å²) >= 11 is 1.33. The van der Waals surface area contributed by atoms with E-state index in [9.17, 15) is 10.1 Å². The molecular weight excluding hydrogens is 284 g/mol. The highest BCUT2D eigenvalue weighted by Gasteiger charge is 2.26. The molecule has 0 aliphatic rings. The zero-order valence-electron chi connectivity index (χ0n) is 12.4. The molecule has 0 saturated heterocycles. The molecule has 0 amide bonds. The Balaban J connectivity index is 2.43. The second kappa shape index (κ2) is 6.06. The molecule has 2 aromatic rings. The van der Waals surface area contributed by atoms with Crippen LogP contribution in [0.1, 0.15) is 37.4 Å². The molecule has 1 aromatic carbocycles. The van der Waals surface area contributed by atoms with E-state index in [4.69, 9.17) is 4.74 Å². The molecule has 5 heteroatoms. The average molecular weight is 300 g/mol. The fraction of sp³-hybridized carbons (Fsp3) is 0.312. The van der Waals surface area contributed by atoms with Crippen LogP contribution in [0.15, 0.2) is 18.2 Å². The van der Waals surface area contributed by atoms with Crippen molar-refractivity contribution in [2.75, 3.05) is 7.11 Å². The Morgan fingerprint density at radius 3 is 2.62 bits per heavy atom. The monoisotopic (exact) mass is 300 g/mol. The van der Waals surface area contributed by atoms with Gasteiger partial charge in [0, 0.05) is 0 Å². The van der Waals surface area contributed by atoms with Crippen LogP contribution in [-0.2, 0) is 0 Å². The van der Waals surface area contributed by atoms with Crippen LogP contribution in [0, 0.1) is 32.1 Å². The minimum absolute atomic E-state index is 0.202. The first-order valence-corrected chi connectivity index (χ1v) is 7.32. The molecule has 1 heterocycles. The molecular formula is C16H16N2O2S. The van der Waals surface area contributed by atoms with Gasteiger partial charge in [0.1, 0.15) is 11.7 Å². The highest BCUT2D eigenvalue weighted by molar-refractivity contribution is 7.13. The van der Waals surface area contributed by atoms with E-state index in [0.717, 1.165) is 10.6 Å². The van der Waals surface area contributed by atoms with Gasteiger partial charge in [0.25, 0.3) is 0 Å². The average Bonchev–Trinajstić information content (AvgIpc) is 2.80. The third-order valence-electron chi connectivity index (χ3n) is 3.28. The van der Waals surface area contributed by atoms with Gasteiger partial charge in [0.2, 0.25) is 0 Å². The van der Waals surface area contributed by atoms with Gasteiger partial charge in [-0.2, -0.15) is 5.26 Å². The zero-order chi connectivity index (χ0) is 15.6. The maximum Gasteiger partial charge on any atom is 0.196 e. The van der Waals surface area contributed by atoms with Crippen LogP contribution in [0.2, 0.25) is 0 Å². The topological polar surface area (TPSA) is 63.0 Å². The molecule has 0 N–H and O–H groups in total. The van der Waals surface area contributed by atoms with Crippen LogP contribution in [0.25, 0.3) is 0 Å². The lowest BCUT2D eigenvalue weighted by Gasteiger charge is -2.11. The van der Waals surface area contributed by atoms with Crippen molar-refractivity contribution >= 4 is 17.1 Å². The fourth-order valence-electron chi connectivity index (χ4n) is 2.19. The van der Waals surface area contributed by atoms with Crippen LogP contribution in [0.4, 0.5) is 0 Å². The molecule has 0 bridgehead atoms. The minimum Gasteiger partial charge on any atom is -0.496 e. The van der Waals surface area contributed by atoms with Gasteiger partial charge in [-0.05, 0) is 38.0 Å². The van der Waals surface area contributed by atoms with E-state index in [1.807, 2.05) is 19.9 Å². The highest BCUT2D eigenvalue weighted by Crippen LogP contribution is 2.29. The first-order chi connectivity index (χ1) is 9.97. The number of aryl methyl sites for hydroxylation is 3. The number of nitrogens with zero attached hydrogens (tertiary/aromatic N) is 2. The molecule has 108 valence electrons. The molecule has 2 rings (SSSR count). The number of ketones is 1. The van der Waals surface area contributed by atoms with Gasteiger partial charge in [0.05, 0.1) is 28.8 Å². The van der Waals surface area contributed by atoms with Gasteiger partial charge in [-0.15, -0.1) is 11.3 Å². The number of aromatic nitrogens is 1. The van der Waals surface area contributed by atoms with Crippen molar-refractivity contribution in [2.45, 2.75) is 26.7 Å². The van der Waals surface area contributed by atoms with E-state index in [-0.39, 0.29) is 5.78 Å². The lowest BCUT2D eigenvalue weighted by atomic mass is 9.93. The van der Waals surface area contributed by atoms with E-state index in [1.165, 1.54) is 11.3 Å². The largest absolute Gasteiger partial charge is 0.496 e. The van der Waals surface area contributed by atoms with Gasteiger partial charge >= 0.3 is 0 Å². The van der Waals surface area contributed by atoms with Crippen molar-refractivity contribution in [1.29, 1.82) is 5.26 Å². The quantitative estimate of drug-likeness (QED) is 0.810. The Hall–Kier alpha value is -2.19. The van der Waals surface area contributed by atoms with Crippen molar-refractivity contribution in [1.82, 2.24) is 4.98 Å². The van der Waals surface area contributed by atoms with Crippen LogP contribution in [0.5, 0.6) is 5.75 Å². The third-order valence-corrected chi connectivity index (χ3v) is 4.37. The molecule has 0 saturated carbocycles. The Kier molecular flexibility index (Phi) is 4.39. The highest BCUT2D eigenvalue weighted by atomic mass is 32.1. The summed E-state index contributed by atoms with van der Waals surface area (Å²) in [6, 6.07) is 7.51. The van der Waals surface area contributed by atoms with E-state index >= 15 is 0 Å². The first kappa shape index (κ1) is 15.2. The predicted octanol–water partition coefficient (Wildman–Crippen LogP) is 3.57. The Labute approximate surface area is 128 Å². The normalized spacial score (nSPS) is 11.8. The summed E-state index contributed by atoms with van der Waals surface area (Å²) < 4.78 is 5.26. The summed E-state index contributed by atoms with van der Waals surface area (Å²) in [7, 11) is 1.58. The van der Waals surface area contributed by atoms with Gasteiger partial charge in [-0.25, -0.2) is 4.98 Å². The third kappa shape index (κ3) is 2.96. The maximum atomic E-state index is 12.6. The van der Waals surface area contributed by atoms with Crippen molar-refractivity contribution in [3.63, 3.8) is 0 Å². The summed E-state index contributed by atoms with van der Waals surface area (Å²) in [6.45, 7) is 5.56. The van der Waals surface area contributed by atoms with Crippen LogP contribution in [0.3, 0.4) is 0 Å². The minimum atomic E-state index is -0.835. The lowest BCUT2D eigenvalue weighted by Crippen LogP contribution is -2.11. The standard InChI is InChI=1S/C16H16N2O2S/c1-9-5-6-12(7-14(9)20-4)13(8-17)15(19)16-10(2)18-11(3)21-16/h5-7,13H,1-4H3. The molecule has 1 atom stereocenters. The number of thiazole rings is 1. The van der Waals surface area contributed by atoms with Crippen molar-refractivity contribution in [3.8, 4) is 11.8 Å². The number of Topliss-reactive ketones (excluding diaryl/α,β-unsaturated/α-hetero) is 1. The van der Waals surface area contributed by atoms with E-state index in [0.29, 0.717) is 21.9 Å². The van der Waals surface area contributed by atoms with Gasteiger partial charge in [0.15, 0.2) is 5.78 Å². The lowest BCUT2D eigenvalue weighted by molar-refractivity contribution is 0.0982. The predicted molar refractivity (Wildman–Crippen MR) is 82.0 cm³/mol. The zero-order valence-corrected chi connectivity index (χ0v) is 13.2. The summed E-state index contributed by atoms with van der Waals surface area (Å²) in [5.41, 5.74) is 2.30. The van der Waals surface area contributed by atoms with Gasteiger partial charge < -0.3 is 4.74 Å². The van der Waals surface area contributed by atoms with Crippen LogP contribution >= 0.6 is 11.3 Å². The molecule has 0 spiro atoms. The molecule has 0 aliphatic heterocycles. The maximum absolute atomic E-state index is 12.6. The second-order valence-corrected chi connectivity index (χ2v) is 6.01. The van der Waals surface area contributed by atoms with Crippen molar-refractivity contribution < 1.29 is 9.53 Å². The number of rotatable bonds is 4. The first-order valence-electron chi connectivity index (χ1n) is 6.50. The van der Waals surface area contributed by atoms with Crippen LogP contribution in [-0.4, -0.2) is 17.9 Å². The van der Waals surface area contributed by atoms with Crippen molar-refractivity contribution in [2.24, 2.45) is 0 Å². The molecule has 0 fully saturated rings. The SMILES string of the molecule is COc1cc(C(C#N)C(=O)c2sc(C)nc2C)ccc1C. The number of hydrogen-bond donors (Lipinski definition) is 0. The molecule has 1 aromatic heterocycles. The summed E-state index contributed by atoms with van der Waals surface area (Å²) in [5, 5.41) is 10.2. The van der Waals surface area contributed by atoms with E-state index in [2.05, 4.69) is 11.1 Å². The number of benzene rings is 1. The summed E-state index contributed by atoms with van der Waals surface area (Å²) in [4.78, 5) is 17.4. The molecule has 0 aliphatic carbocycles. The summed E-state index contributed by atoms with van der Waals surface area (Å²) in [5.74, 6) is -0.359. The molecule has 0 radical (unpaired) electrons. The smallest absolute Gasteiger partial charge is 0.196 e. The molecule has 21 heavy (non-hydrogen) atoms. The number of hydrogen-bond acceptors (Lipinski definition) is 5. The van der Waals surface area contributed by atoms with Crippen LogP contribution < -0.4 is 4.74 Å². The molecule has 1 unspecified atom stereocenters. The molecule has 4 nitrogen and oxygen atoms in total. The Bertz CT molecular complexity index is 728. The Morgan fingerprint density at radius 2 is 2.10 bits per heavy atom. The second-order valence-electron chi connectivity index (χ2n) is 4.80. The number of ether oxygens (including phenoxy) is 1. The Morgan fingerprint density at radius 1 is 1.38 bits per heavy atom. The number of methoxy groups -OCH3 is 1. The number of carbonyl (C=O) groups is 1. The van der Waals surface area contributed by atoms with Gasteiger partial charge in [-0.1, -0.05) is 12.1 Å². The van der Waals surface area contributed by atoms with E-state index in [1.54, 1.807) is 26.2 Å². The van der Waals surface area contributed by atoms with E-state index < -0.39 is 5.92 Å².